The minimum absolute atomic E-state index is 0.0295. The van der Waals surface area contributed by atoms with E-state index in [1.807, 2.05) is 18.7 Å². The second-order valence-corrected chi connectivity index (χ2v) is 5.72. The molecular weight excluding hydrogens is 240 g/mol. The maximum Gasteiger partial charge on any atom is 0.293 e. The molecule has 2 rings (SSSR count). The van der Waals surface area contributed by atoms with Crippen LogP contribution in [0.4, 0.5) is 0 Å². The van der Waals surface area contributed by atoms with Gasteiger partial charge in [0.1, 0.15) is 5.82 Å². The minimum atomic E-state index is -0.0295. The van der Waals surface area contributed by atoms with Crippen LogP contribution in [0.25, 0.3) is 0 Å². The van der Waals surface area contributed by atoms with Crippen LogP contribution in [0.2, 0.25) is 0 Å². The fraction of sp³-hybridized carbons (Fsp3) is 0.786. The van der Waals surface area contributed by atoms with Gasteiger partial charge in [0.25, 0.3) is 5.91 Å². The Morgan fingerprint density at radius 3 is 2.63 bits per heavy atom. The number of likely N-dealkylation sites (tertiary alicyclic amines) is 1. The number of amides is 1. The van der Waals surface area contributed by atoms with Crippen molar-refractivity contribution in [1.29, 1.82) is 0 Å². The lowest BCUT2D eigenvalue weighted by atomic mass is 9.92. The van der Waals surface area contributed by atoms with E-state index in [0.29, 0.717) is 5.82 Å². The van der Waals surface area contributed by atoms with Crippen molar-refractivity contribution in [1.82, 2.24) is 20.1 Å². The van der Waals surface area contributed by atoms with Gasteiger partial charge in [-0.15, -0.1) is 5.10 Å². The quantitative estimate of drug-likeness (QED) is 0.909. The second-order valence-electron chi connectivity index (χ2n) is 5.72. The zero-order valence-electron chi connectivity index (χ0n) is 12.1. The van der Waals surface area contributed by atoms with E-state index in [0.717, 1.165) is 37.7 Å². The molecule has 1 aromatic heterocycles. The van der Waals surface area contributed by atoms with E-state index in [1.165, 1.54) is 12.8 Å². The van der Waals surface area contributed by atoms with Gasteiger partial charge in [-0.2, -0.15) is 0 Å². The van der Waals surface area contributed by atoms with Gasteiger partial charge in [0.05, 0.1) is 0 Å². The molecule has 0 radical (unpaired) electrons. The molecule has 19 heavy (non-hydrogen) atoms. The molecule has 1 aliphatic rings. The summed E-state index contributed by atoms with van der Waals surface area (Å²) in [5.74, 6) is 2.12. The lowest BCUT2D eigenvalue weighted by Gasteiger charge is -2.31. The number of nitrogens with zero attached hydrogens (tertiary/aromatic N) is 3. The summed E-state index contributed by atoms with van der Waals surface area (Å²) in [6.45, 7) is 7.97. The number of carbonyl (C=O) groups is 1. The molecule has 2 heterocycles. The third-order valence-electron chi connectivity index (χ3n) is 3.84. The molecule has 0 unspecified atom stereocenters. The first-order valence-electron chi connectivity index (χ1n) is 7.33. The maximum absolute atomic E-state index is 12.3. The summed E-state index contributed by atoms with van der Waals surface area (Å²) in [7, 11) is 0. The maximum atomic E-state index is 12.3. The fourth-order valence-corrected chi connectivity index (χ4v) is 2.60. The normalized spacial score (nSPS) is 17.2. The third kappa shape index (κ3) is 3.33. The minimum Gasteiger partial charge on any atom is -0.336 e. The van der Waals surface area contributed by atoms with Crippen molar-refractivity contribution >= 4 is 5.91 Å². The molecule has 0 bridgehead atoms. The Labute approximate surface area is 114 Å². The van der Waals surface area contributed by atoms with Gasteiger partial charge < -0.3 is 4.90 Å². The molecule has 0 aliphatic carbocycles. The standard InChI is InChI=1S/C14H24N4O/c1-4-5-11-6-8-18(9-7-11)14(19)13-15-12(10(2)3)16-17-13/h10-11H,4-9H2,1-3H3,(H,15,16,17). The predicted molar refractivity (Wildman–Crippen MR) is 74.0 cm³/mol. The van der Waals surface area contributed by atoms with E-state index in [4.69, 9.17) is 0 Å². The highest BCUT2D eigenvalue weighted by Crippen LogP contribution is 2.22. The topological polar surface area (TPSA) is 61.9 Å². The Morgan fingerprint density at radius 1 is 1.42 bits per heavy atom. The van der Waals surface area contributed by atoms with Gasteiger partial charge in [-0.05, 0) is 18.8 Å². The predicted octanol–water partition coefficient (Wildman–Crippen LogP) is 2.58. The molecular formula is C14H24N4O. The van der Waals surface area contributed by atoms with Gasteiger partial charge in [-0.25, -0.2) is 4.98 Å². The van der Waals surface area contributed by atoms with E-state index in [-0.39, 0.29) is 11.8 Å². The Morgan fingerprint density at radius 2 is 2.11 bits per heavy atom. The van der Waals surface area contributed by atoms with Crippen LogP contribution in [0.15, 0.2) is 0 Å². The van der Waals surface area contributed by atoms with Gasteiger partial charge in [0, 0.05) is 19.0 Å². The van der Waals surface area contributed by atoms with Gasteiger partial charge in [-0.1, -0.05) is 33.6 Å². The van der Waals surface area contributed by atoms with Gasteiger partial charge in [0.2, 0.25) is 5.82 Å². The summed E-state index contributed by atoms with van der Waals surface area (Å²) >= 11 is 0. The van der Waals surface area contributed by atoms with Crippen LogP contribution in [0.5, 0.6) is 0 Å². The zero-order valence-corrected chi connectivity index (χ0v) is 12.1. The molecule has 5 heteroatoms. The third-order valence-corrected chi connectivity index (χ3v) is 3.84. The molecule has 1 aromatic rings. The van der Waals surface area contributed by atoms with Crippen LogP contribution in [-0.4, -0.2) is 39.1 Å². The lowest BCUT2D eigenvalue weighted by molar-refractivity contribution is 0.0674. The van der Waals surface area contributed by atoms with Gasteiger partial charge in [0.15, 0.2) is 0 Å². The molecule has 0 saturated carbocycles. The number of H-pyrrole nitrogens is 1. The number of aromatic nitrogens is 3. The zero-order chi connectivity index (χ0) is 13.8. The van der Waals surface area contributed by atoms with Crippen molar-refractivity contribution in [3.63, 3.8) is 0 Å². The van der Waals surface area contributed by atoms with Crippen molar-refractivity contribution < 1.29 is 4.79 Å². The highest BCUT2D eigenvalue weighted by Gasteiger charge is 2.25. The summed E-state index contributed by atoms with van der Waals surface area (Å²) in [4.78, 5) is 18.5. The summed E-state index contributed by atoms with van der Waals surface area (Å²) in [6.07, 6.45) is 4.74. The fourth-order valence-electron chi connectivity index (χ4n) is 2.60. The highest BCUT2D eigenvalue weighted by atomic mass is 16.2. The van der Waals surface area contributed by atoms with Crippen molar-refractivity contribution in [2.75, 3.05) is 13.1 Å². The number of piperidine rings is 1. The molecule has 5 nitrogen and oxygen atoms in total. The van der Waals surface area contributed by atoms with Crippen LogP contribution in [-0.2, 0) is 0 Å². The molecule has 106 valence electrons. The molecule has 1 fully saturated rings. The summed E-state index contributed by atoms with van der Waals surface area (Å²) in [5, 5.41) is 6.89. The number of hydrogen-bond acceptors (Lipinski definition) is 3. The number of carbonyl (C=O) groups excluding carboxylic acids is 1. The Balaban J connectivity index is 1.93. The van der Waals surface area contributed by atoms with E-state index in [1.54, 1.807) is 0 Å². The van der Waals surface area contributed by atoms with Crippen molar-refractivity contribution in [2.45, 2.75) is 52.4 Å². The van der Waals surface area contributed by atoms with Gasteiger partial charge >= 0.3 is 0 Å². The largest absolute Gasteiger partial charge is 0.336 e. The molecule has 1 N–H and O–H groups in total. The first kappa shape index (κ1) is 14.0. The van der Waals surface area contributed by atoms with E-state index in [9.17, 15) is 4.79 Å². The second kappa shape index (κ2) is 6.17. The number of hydrogen-bond donors (Lipinski definition) is 1. The number of nitrogens with one attached hydrogen (secondary N) is 1. The molecule has 0 atom stereocenters. The Hall–Kier alpha value is -1.39. The van der Waals surface area contributed by atoms with Crippen LogP contribution in [0, 0.1) is 5.92 Å². The molecule has 1 amide bonds. The van der Waals surface area contributed by atoms with Crippen LogP contribution in [0.3, 0.4) is 0 Å². The monoisotopic (exact) mass is 264 g/mol. The average molecular weight is 264 g/mol. The number of aromatic amines is 1. The SMILES string of the molecule is CCCC1CCN(C(=O)c2n[nH]c(C(C)C)n2)CC1. The molecule has 1 aliphatic heterocycles. The first-order chi connectivity index (χ1) is 9.11. The summed E-state index contributed by atoms with van der Waals surface area (Å²) in [5.41, 5.74) is 0. The smallest absolute Gasteiger partial charge is 0.293 e. The van der Waals surface area contributed by atoms with Crippen molar-refractivity contribution in [2.24, 2.45) is 5.92 Å². The van der Waals surface area contributed by atoms with Crippen molar-refractivity contribution in [3.05, 3.63) is 11.6 Å². The van der Waals surface area contributed by atoms with E-state index >= 15 is 0 Å². The van der Waals surface area contributed by atoms with Crippen LogP contribution < -0.4 is 0 Å². The summed E-state index contributed by atoms with van der Waals surface area (Å²) in [6, 6.07) is 0. The Kier molecular flexibility index (Phi) is 4.56. The van der Waals surface area contributed by atoms with Crippen LogP contribution >= 0.6 is 0 Å². The Bertz CT molecular complexity index is 419. The number of rotatable bonds is 4. The first-order valence-corrected chi connectivity index (χ1v) is 7.33. The molecule has 0 aromatic carbocycles. The van der Waals surface area contributed by atoms with E-state index < -0.39 is 0 Å². The van der Waals surface area contributed by atoms with Gasteiger partial charge in [-0.3, -0.25) is 9.89 Å². The highest BCUT2D eigenvalue weighted by molar-refractivity contribution is 5.90. The van der Waals surface area contributed by atoms with Crippen molar-refractivity contribution in [3.8, 4) is 0 Å². The lowest BCUT2D eigenvalue weighted by Crippen LogP contribution is -2.39. The van der Waals surface area contributed by atoms with E-state index in [2.05, 4.69) is 22.1 Å². The summed E-state index contributed by atoms with van der Waals surface area (Å²) < 4.78 is 0. The molecule has 0 spiro atoms. The average Bonchev–Trinajstić information content (AvgIpc) is 2.89. The molecule has 1 saturated heterocycles. The van der Waals surface area contributed by atoms with Crippen LogP contribution in [0.1, 0.15) is 68.8 Å².